The van der Waals surface area contributed by atoms with Crippen molar-refractivity contribution in [1.82, 2.24) is 9.80 Å². The van der Waals surface area contributed by atoms with Gasteiger partial charge in [-0.15, -0.1) is 11.8 Å². The van der Waals surface area contributed by atoms with Crippen molar-refractivity contribution in [2.45, 2.75) is 17.2 Å². The van der Waals surface area contributed by atoms with Crippen LogP contribution in [0.15, 0.2) is 59.5 Å². The van der Waals surface area contributed by atoms with E-state index in [2.05, 4.69) is 12.1 Å². The van der Waals surface area contributed by atoms with Crippen molar-refractivity contribution in [3.8, 4) is 0 Å². The maximum Gasteiger partial charge on any atom is 0.233 e. The molecule has 146 valence electrons. The smallest absolute Gasteiger partial charge is 0.233 e. The molecule has 0 bridgehead atoms. The van der Waals surface area contributed by atoms with Gasteiger partial charge in [0.15, 0.2) is 0 Å². The van der Waals surface area contributed by atoms with Crippen LogP contribution < -0.4 is 0 Å². The summed E-state index contributed by atoms with van der Waals surface area (Å²) in [6, 6.07) is 16.7. The zero-order valence-electron chi connectivity index (χ0n) is 15.6. The summed E-state index contributed by atoms with van der Waals surface area (Å²) in [5.41, 5.74) is 1.24. The topological polar surface area (TPSA) is 40.6 Å². The molecule has 2 fully saturated rings. The van der Waals surface area contributed by atoms with Crippen LogP contribution in [0.1, 0.15) is 17.9 Å². The van der Waals surface area contributed by atoms with Gasteiger partial charge in [-0.1, -0.05) is 42.5 Å². The van der Waals surface area contributed by atoms with Gasteiger partial charge >= 0.3 is 0 Å². The van der Waals surface area contributed by atoms with Gasteiger partial charge in [-0.2, -0.15) is 0 Å². The predicted molar refractivity (Wildman–Crippen MR) is 108 cm³/mol. The minimum Gasteiger partial charge on any atom is -0.339 e. The molecule has 4 rings (SSSR count). The molecule has 1 aliphatic carbocycles. The number of benzene rings is 2. The molecule has 1 heterocycles. The number of hydrogen-bond acceptors (Lipinski definition) is 3. The van der Waals surface area contributed by atoms with Gasteiger partial charge in [-0.25, -0.2) is 4.39 Å². The second-order valence-corrected chi connectivity index (χ2v) is 8.30. The van der Waals surface area contributed by atoms with Gasteiger partial charge < -0.3 is 9.80 Å². The third-order valence-corrected chi connectivity index (χ3v) is 6.50. The second-order valence-electron chi connectivity index (χ2n) is 7.28. The fourth-order valence-corrected chi connectivity index (χ4v) is 4.58. The summed E-state index contributed by atoms with van der Waals surface area (Å²) in [4.78, 5) is 29.3. The van der Waals surface area contributed by atoms with E-state index in [9.17, 15) is 14.0 Å². The molecular weight excluding hydrogens is 375 g/mol. The Morgan fingerprint density at radius 1 is 0.929 bits per heavy atom. The maximum absolute atomic E-state index is 13.7. The van der Waals surface area contributed by atoms with Crippen LogP contribution in [0.4, 0.5) is 4.39 Å². The predicted octanol–water partition coefficient (Wildman–Crippen LogP) is 3.39. The first kappa shape index (κ1) is 19.0. The first-order valence-electron chi connectivity index (χ1n) is 9.62. The van der Waals surface area contributed by atoms with Crippen molar-refractivity contribution in [1.29, 1.82) is 0 Å². The minimum absolute atomic E-state index is 0.00561. The molecule has 1 saturated heterocycles. The number of rotatable bonds is 5. The van der Waals surface area contributed by atoms with Gasteiger partial charge in [0.05, 0.1) is 5.75 Å². The molecule has 0 aromatic heterocycles. The van der Waals surface area contributed by atoms with Crippen LogP contribution in [-0.2, 0) is 9.59 Å². The Hall–Kier alpha value is -2.34. The van der Waals surface area contributed by atoms with E-state index in [0.717, 1.165) is 6.42 Å². The Bertz CT molecular complexity index is 853. The summed E-state index contributed by atoms with van der Waals surface area (Å²) < 4.78 is 13.7. The number of halogens is 1. The van der Waals surface area contributed by atoms with E-state index in [-0.39, 0.29) is 29.3 Å². The lowest BCUT2D eigenvalue weighted by Gasteiger charge is -2.35. The maximum atomic E-state index is 13.7. The summed E-state index contributed by atoms with van der Waals surface area (Å²) in [6.07, 6.45) is 0.918. The van der Waals surface area contributed by atoms with Gasteiger partial charge in [0.2, 0.25) is 11.8 Å². The number of nitrogens with zero attached hydrogens (tertiary/aromatic N) is 2. The van der Waals surface area contributed by atoms with Crippen LogP contribution in [0, 0.1) is 11.7 Å². The normalized spacial score (nSPS) is 21.5. The van der Waals surface area contributed by atoms with E-state index >= 15 is 0 Å². The van der Waals surface area contributed by atoms with E-state index in [0.29, 0.717) is 37.0 Å². The number of thioether (sulfide) groups is 1. The number of carbonyl (C=O) groups is 2. The lowest BCUT2D eigenvalue weighted by Crippen LogP contribution is -2.51. The molecule has 4 nitrogen and oxygen atoms in total. The van der Waals surface area contributed by atoms with Crippen molar-refractivity contribution >= 4 is 23.6 Å². The Morgan fingerprint density at radius 2 is 1.57 bits per heavy atom. The lowest BCUT2D eigenvalue weighted by atomic mass is 10.1. The minimum atomic E-state index is -0.298. The third-order valence-electron chi connectivity index (χ3n) is 5.47. The molecule has 0 spiro atoms. The highest BCUT2D eigenvalue weighted by atomic mass is 32.2. The largest absolute Gasteiger partial charge is 0.339 e. The highest BCUT2D eigenvalue weighted by Gasteiger charge is 2.46. The van der Waals surface area contributed by atoms with Gasteiger partial charge in [0.25, 0.3) is 0 Å². The third kappa shape index (κ3) is 4.22. The zero-order chi connectivity index (χ0) is 19.5. The number of amides is 2. The summed E-state index contributed by atoms with van der Waals surface area (Å²) in [5, 5.41) is 0. The van der Waals surface area contributed by atoms with E-state index in [4.69, 9.17) is 0 Å². The fraction of sp³-hybridized carbons (Fsp3) is 0.364. The molecule has 2 amide bonds. The van der Waals surface area contributed by atoms with Crippen molar-refractivity contribution < 1.29 is 14.0 Å². The Kier molecular flexibility index (Phi) is 5.67. The standard InChI is InChI=1S/C22H23FN2O2S/c23-19-8-4-5-9-20(19)28-15-21(26)24-10-12-25(13-11-24)22(27)18-14-17(18)16-6-2-1-3-7-16/h1-9,17-18H,10-15H2/t17-,18+/m0/s1. The Labute approximate surface area is 168 Å². The van der Waals surface area contributed by atoms with Gasteiger partial charge in [0.1, 0.15) is 5.82 Å². The van der Waals surface area contributed by atoms with Crippen molar-refractivity contribution in [3.63, 3.8) is 0 Å². The second kappa shape index (κ2) is 8.35. The molecule has 2 atom stereocenters. The molecule has 0 unspecified atom stereocenters. The van der Waals surface area contributed by atoms with E-state index in [1.54, 1.807) is 23.1 Å². The number of piperazine rings is 1. The van der Waals surface area contributed by atoms with Crippen molar-refractivity contribution in [2.24, 2.45) is 5.92 Å². The zero-order valence-corrected chi connectivity index (χ0v) is 16.4. The Balaban J connectivity index is 1.24. The van der Waals surface area contributed by atoms with Crippen molar-refractivity contribution in [3.05, 3.63) is 66.0 Å². The fourth-order valence-electron chi connectivity index (χ4n) is 3.74. The van der Waals surface area contributed by atoms with Crippen LogP contribution >= 0.6 is 11.8 Å². The average Bonchev–Trinajstić information content (AvgIpc) is 3.54. The SMILES string of the molecule is O=C(CSc1ccccc1F)N1CCN(C(=O)[C@@H]2C[C@H]2c2ccccc2)CC1. The summed E-state index contributed by atoms with van der Waals surface area (Å²) in [6.45, 7) is 2.25. The van der Waals surface area contributed by atoms with E-state index in [1.807, 2.05) is 23.1 Å². The van der Waals surface area contributed by atoms with Gasteiger partial charge in [-0.05, 0) is 30.0 Å². The van der Waals surface area contributed by atoms with Crippen LogP contribution in [-0.4, -0.2) is 53.5 Å². The molecule has 1 saturated carbocycles. The molecule has 2 aromatic rings. The van der Waals surface area contributed by atoms with Crippen LogP contribution in [0.2, 0.25) is 0 Å². The Morgan fingerprint density at radius 3 is 2.29 bits per heavy atom. The summed E-state index contributed by atoms with van der Waals surface area (Å²) in [5.74, 6) is 0.545. The molecule has 0 N–H and O–H groups in total. The summed E-state index contributed by atoms with van der Waals surface area (Å²) >= 11 is 1.22. The molecule has 1 aliphatic heterocycles. The van der Waals surface area contributed by atoms with Gasteiger partial charge in [-0.3, -0.25) is 9.59 Å². The van der Waals surface area contributed by atoms with E-state index < -0.39 is 0 Å². The van der Waals surface area contributed by atoms with Crippen LogP contribution in [0.3, 0.4) is 0 Å². The molecule has 2 aromatic carbocycles. The first-order valence-corrected chi connectivity index (χ1v) is 10.6. The molecule has 28 heavy (non-hydrogen) atoms. The molecule has 0 radical (unpaired) electrons. The molecular formula is C22H23FN2O2S. The van der Waals surface area contributed by atoms with E-state index in [1.165, 1.54) is 23.4 Å². The molecule has 6 heteroatoms. The number of hydrogen-bond donors (Lipinski definition) is 0. The summed E-state index contributed by atoms with van der Waals surface area (Å²) in [7, 11) is 0. The lowest BCUT2D eigenvalue weighted by molar-refractivity contribution is -0.139. The average molecular weight is 399 g/mol. The highest BCUT2D eigenvalue weighted by molar-refractivity contribution is 8.00. The van der Waals surface area contributed by atoms with Crippen LogP contribution in [0.5, 0.6) is 0 Å². The molecule has 2 aliphatic rings. The highest BCUT2D eigenvalue weighted by Crippen LogP contribution is 2.48. The monoisotopic (exact) mass is 398 g/mol. The quantitative estimate of drug-likeness (QED) is 0.725. The van der Waals surface area contributed by atoms with Gasteiger partial charge in [0, 0.05) is 37.0 Å². The first-order chi connectivity index (χ1) is 13.6. The number of carbonyl (C=O) groups excluding carboxylic acids is 2. The van der Waals surface area contributed by atoms with Crippen molar-refractivity contribution in [2.75, 3.05) is 31.9 Å². The van der Waals surface area contributed by atoms with Crippen LogP contribution in [0.25, 0.3) is 0 Å².